The highest BCUT2D eigenvalue weighted by Crippen LogP contribution is 2.09. The Bertz CT molecular complexity index is 917. The van der Waals surface area contributed by atoms with Crippen LogP contribution in [0.25, 0.3) is 5.69 Å². The van der Waals surface area contributed by atoms with Crippen molar-refractivity contribution in [3.63, 3.8) is 0 Å². The first-order chi connectivity index (χ1) is 12.1. The van der Waals surface area contributed by atoms with Gasteiger partial charge in [-0.2, -0.15) is 4.68 Å². The number of aromatic nitrogens is 5. The monoisotopic (exact) mass is 339 g/mol. The zero-order valence-corrected chi connectivity index (χ0v) is 13.6. The second-order valence-electron chi connectivity index (χ2n) is 5.32. The summed E-state index contributed by atoms with van der Waals surface area (Å²) < 4.78 is 1.56. The van der Waals surface area contributed by atoms with Crippen LogP contribution in [0.3, 0.4) is 0 Å². The lowest BCUT2D eigenvalue weighted by Crippen LogP contribution is -2.33. The van der Waals surface area contributed by atoms with Gasteiger partial charge in [0, 0.05) is 18.8 Å². The Kier molecular flexibility index (Phi) is 4.84. The smallest absolute Gasteiger partial charge is 0.260 e. The van der Waals surface area contributed by atoms with Crippen LogP contribution in [0.1, 0.15) is 16.1 Å². The normalized spacial score (nSPS) is 10.4. The summed E-state index contributed by atoms with van der Waals surface area (Å²) in [5.74, 6) is 0.0410. The van der Waals surface area contributed by atoms with Gasteiger partial charge in [0.1, 0.15) is 5.56 Å². The number of anilines is 1. The van der Waals surface area contributed by atoms with E-state index >= 15 is 0 Å². The van der Waals surface area contributed by atoms with Gasteiger partial charge in [0.2, 0.25) is 5.95 Å². The number of tetrazole rings is 1. The number of nitrogens with zero attached hydrogens (tertiary/aromatic N) is 4. The van der Waals surface area contributed by atoms with E-state index in [9.17, 15) is 9.59 Å². The molecule has 0 unspecified atom stereocenters. The molecular weight excluding hydrogens is 322 g/mol. The Hall–Kier alpha value is -3.49. The minimum atomic E-state index is -0.425. The van der Waals surface area contributed by atoms with Crippen molar-refractivity contribution in [1.29, 1.82) is 0 Å². The van der Waals surface area contributed by atoms with Crippen LogP contribution in [-0.4, -0.2) is 44.2 Å². The second-order valence-corrected chi connectivity index (χ2v) is 5.32. The molecule has 25 heavy (non-hydrogen) atoms. The van der Waals surface area contributed by atoms with E-state index in [1.165, 1.54) is 6.07 Å². The van der Waals surface area contributed by atoms with Gasteiger partial charge in [-0.05, 0) is 41.6 Å². The summed E-state index contributed by atoms with van der Waals surface area (Å²) in [6.07, 6.45) is 0. The molecule has 0 aliphatic heterocycles. The number of para-hydroxylation sites is 1. The van der Waals surface area contributed by atoms with Gasteiger partial charge in [-0.3, -0.25) is 9.59 Å². The highest BCUT2D eigenvalue weighted by atomic mass is 16.2. The molecule has 3 aromatic rings. The van der Waals surface area contributed by atoms with Crippen molar-refractivity contribution < 1.29 is 4.79 Å². The lowest BCUT2D eigenvalue weighted by atomic mass is 10.2. The van der Waals surface area contributed by atoms with E-state index in [4.69, 9.17) is 0 Å². The predicted molar refractivity (Wildman–Crippen MR) is 91.8 cm³/mol. The molecule has 1 amide bonds. The van der Waals surface area contributed by atoms with Gasteiger partial charge in [0.25, 0.3) is 11.5 Å². The van der Waals surface area contributed by atoms with Crippen LogP contribution in [-0.2, 0) is 0 Å². The number of carbonyl (C=O) groups excluding carboxylic acids is 1. The van der Waals surface area contributed by atoms with E-state index in [0.29, 0.717) is 24.7 Å². The van der Waals surface area contributed by atoms with Crippen molar-refractivity contribution in [3.8, 4) is 5.69 Å². The first kappa shape index (κ1) is 16.4. The lowest BCUT2D eigenvalue weighted by molar-refractivity contribution is 0.0953. The molecule has 0 saturated heterocycles. The molecule has 9 heteroatoms. The van der Waals surface area contributed by atoms with Crippen molar-refractivity contribution in [3.05, 3.63) is 64.1 Å². The van der Waals surface area contributed by atoms with E-state index in [1.54, 1.807) is 17.7 Å². The van der Waals surface area contributed by atoms with E-state index in [0.717, 1.165) is 5.69 Å². The third-order valence-electron chi connectivity index (χ3n) is 3.46. The molecule has 2 aromatic heterocycles. The number of aromatic amines is 1. The van der Waals surface area contributed by atoms with E-state index < -0.39 is 11.5 Å². The molecule has 0 spiro atoms. The fourth-order valence-corrected chi connectivity index (χ4v) is 2.24. The second kappa shape index (κ2) is 7.39. The molecule has 0 aliphatic carbocycles. The van der Waals surface area contributed by atoms with Crippen LogP contribution >= 0.6 is 0 Å². The summed E-state index contributed by atoms with van der Waals surface area (Å²) in [5, 5.41) is 17.2. The van der Waals surface area contributed by atoms with Crippen LogP contribution in [0.15, 0.2) is 47.3 Å². The quantitative estimate of drug-likeness (QED) is 0.563. The maximum absolute atomic E-state index is 12.0. The zero-order chi connectivity index (χ0) is 17.6. The van der Waals surface area contributed by atoms with Crippen molar-refractivity contribution >= 4 is 11.9 Å². The molecule has 0 aliphatic rings. The first-order valence-electron chi connectivity index (χ1n) is 7.71. The molecule has 0 saturated carbocycles. The van der Waals surface area contributed by atoms with E-state index in [-0.39, 0.29) is 5.56 Å². The van der Waals surface area contributed by atoms with Crippen LogP contribution in [0.4, 0.5) is 5.95 Å². The Morgan fingerprint density at radius 3 is 2.72 bits per heavy atom. The van der Waals surface area contributed by atoms with E-state index in [1.807, 2.05) is 30.3 Å². The number of carbonyl (C=O) groups is 1. The highest BCUT2D eigenvalue weighted by molar-refractivity contribution is 5.93. The number of nitrogens with one attached hydrogen (secondary N) is 3. The average Bonchev–Trinajstić information content (AvgIpc) is 3.08. The molecule has 1 aromatic carbocycles. The van der Waals surface area contributed by atoms with Gasteiger partial charge in [-0.15, -0.1) is 0 Å². The number of H-pyrrole nitrogens is 1. The molecule has 2 heterocycles. The number of amides is 1. The van der Waals surface area contributed by atoms with Gasteiger partial charge in [-0.25, -0.2) is 0 Å². The number of hydrogen-bond donors (Lipinski definition) is 3. The molecule has 128 valence electrons. The molecule has 0 radical (unpaired) electrons. The minimum absolute atomic E-state index is 0.0831. The van der Waals surface area contributed by atoms with Gasteiger partial charge in [0.15, 0.2) is 0 Å². The molecular formula is C16H17N7O2. The van der Waals surface area contributed by atoms with Gasteiger partial charge >= 0.3 is 0 Å². The summed E-state index contributed by atoms with van der Waals surface area (Å²) >= 11 is 0. The molecule has 9 nitrogen and oxygen atoms in total. The van der Waals surface area contributed by atoms with Gasteiger partial charge < -0.3 is 15.6 Å². The Balaban J connectivity index is 1.55. The van der Waals surface area contributed by atoms with E-state index in [2.05, 4.69) is 31.1 Å². The van der Waals surface area contributed by atoms with Crippen molar-refractivity contribution in [2.45, 2.75) is 6.92 Å². The average molecular weight is 339 g/mol. The Morgan fingerprint density at radius 1 is 1.16 bits per heavy atom. The number of aryl methyl sites for hydroxylation is 1. The van der Waals surface area contributed by atoms with Gasteiger partial charge in [0.05, 0.1) is 5.69 Å². The number of rotatable bonds is 6. The van der Waals surface area contributed by atoms with Crippen molar-refractivity contribution in [2.24, 2.45) is 0 Å². The van der Waals surface area contributed by atoms with Crippen molar-refractivity contribution in [1.82, 2.24) is 30.5 Å². The van der Waals surface area contributed by atoms with Crippen molar-refractivity contribution in [2.75, 3.05) is 18.4 Å². The summed E-state index contributed by atoms with van der Waals surface area (Å²) in [5.41, 5.74) is 1.21. The van der Waals surface area contributed by atoms with Crippen LogP contribution < -0.4 is 16.2 Å². The number of hydrogen-bond acceptors (Lipinski definition) is 6. The highest BCUT2D eigenvalue weighted by Gasteiger charge is 2.10. The molecule has 0 atom stereocenters. The van der Waals surface area contributed by atoms with Crippen LogP contribution in [0.5, 0.6) is 0 Å². The minimum Gasteiger partial charge on any atom is -0.351 e. The standard InChI is InChI=1S/C16H17N7O2/c1-11-7-8-13(15(25)19-11)14(24)17-9-10-18-16-20-21-22-23(16)12-5-3-2-4-6-12/h2-8H,9-10H2,1H3,(H,17,24)(H,19,25)(H,18,20,22). The molecule has 3 rings (SSSR count). The largest absolute Gasteiger partial charge is 0.351 e. The summed E-state index contributed by atoms with van der Waals surface area (Å²) in [7, 11) is 0. The third-order valence-corrected chi connectivity index (χ3v) is 3.46. The summed E-state index contributed by atoms with van der Waals surface area (Å²) in [6, 6.07) is 12.6. The van der Waals surface area contributed by atoms with Gasteiger partial charge in [-0.1, -0.05) is 23.3 Å². The SMILES string of the molecule is Cc1ccc(C(=O)NCCNc2nnnn2-c2ccccc2)c(=O)[nH]1. The number of pyridine rings is 1. The Labute approximate surface area is 143 Å². The fourth-order valence-electron chi connectivity index (χ4n) is 2.24. The maximum Gasteiger partial charge on any atom is 0.260 e. The molecule has 0 bridgehead atoms. The Morgan fingerprint density at radius 2 is 1.96 bits per heavy atom. The number of benzene rings is 1. The topological polar surface area (TPSA) is 118 Å². The zero-order valence-electron chi connectivity index (χ0n) is 13.6. The van der Waals surface area contributed by atoms with Crippen LogP contribution in [0.2, 0.25) is 0 Å². The maximum atomic E-state index is 12.0. The summed E-state index contributed by atoms with van der Waals surface area (Å²) in [4.78, 5) is 26.4. The summed E-state index contributed by atoms with van der Waals surface area (Å²) in [6.45, 7) is 2.47. The fraction of sp³-hybridized carbons (Fsp3) is 0.188. The molecule has 0 fully saturated rings. The van der Waals surface area contributed by atoms with Crippen LogP contribution in [0, 0.1) is 6.92 Å². The molecule has 3 N–H and O–H groups in total. The predicted octanol–water partition coefficient (Wildman–Crippen LogP) is 0.501. The first-order valence-corrected chi connectivity index (χ1v) is 7.71. The lowest BCUT2D eigenvalue weighted by Gasteiger charge is -2.08. The third kappa shape index (κ3) is 3.89.